The molecule has 0 unspecified atom stereocenters. The van der Waals surface area contributed by atoms with E-state index in [2.05, 4.69) is 0 Å². The minimum absolute atomic E-state index is 0.136. The Morgan fingerprint density at radius 3 is 2.74 bits per heavy atom. The summed E-state index contributed by atoms with van der Waals surface area (Å²) in [6, 6.07) is 7.61. The summed E-state index contributed by atoms with van der Waals surface area (Å²) >= 11 is 0. The number of hydrogen-bond donors (Lipinski definition) is 0. The molecule has 2 aromatic rings. The normalized spacial score (nSPS) is 10.2. The molecule has 1 heterocycles. The van der Waals surface area contributed by atoms with E-state index >= 15 is 0 Å². The zero-order chi connectivity index (χ0) is 13.8. The van der Waals surface area contributed by atoms with E-state index in [1.807, 2.05) is 0 Å². The van der Waals surface area contributed by atoms with Gasteiger partial charge >= 0.3 is 5.69 Å². The van der Waals surface area contributed by atoms with Crippen LogP contribution in [0.1, 0.15) is 17.5 Å². The van der Waals surface area contributed by atoms with E-state index < -0.39 is 4.92 Å². The lowest BCUT2D eigenvalue weighted by atomic mass is 10.1. The first-order chi connectivity index (χ1) is 9.15. The van der Waals surface area contributed by atoms with E-state index in [9.17, 15) is 14.9 Å². The third kappa shape index (κ3) is 2.62. The van der Waals surface area contributed by atoms with Crippen LogP contribution in [0.25, 0.3) is 11.3 Å². The predicted octanol–water partition coefficient (Wildman–Crippen LogP) is 3.07. The van der Waals surface area contributed by atoms with Crippen LogP contribution < -0.4 is 4.74 Å². The monoisotopic (exact) mass is 261 g/mol. The second-order valence-corrected chi connectivity index (χ2v) is 3.69. The summed E-state index contributed by atoms with van der Waals surface area (Å²) in [6.07, 6.45) is 0.576. The van der Waals surface area contributed by atoms with Crippen LogP contribution in [-0.4, -0.2) is 17.8 Å². The summed E-state index contributed by atoms with van der Waals surface area (Å²) in [4.78, 5) is 21.0. The van der Waals surface area contributed by atoms with Crippen molar-refractivity contribution in [1.82, 2.24) is 0 Å². The number of carbonyl (C=O) groups excluding carboxylic acids is 1. The van der Waals surface area contributed by atoms with Crippen molar-refractivity contribution in [3.05, 3.63) is 46.2 Å². The number of nitro benzene ring substituents is 1. The molecule has 0 bridgehead atoms. The van der Waals surface area contributed by atoms with E-state index in [-0.39, 0.29) is 17.2 Å². The lowest BCUT2D eigenvalue weighted by Gasteiger charge is -2.05. The molecule has 2 rings (SSSR count). The highest BCUT2D eigenvalue weighted by atomic mass is 16.6. The lowest BCUT2D eigenvalue weighted by Crippen LogP contribution is -1.97. The molecule has 0 aliphatic heterocycles. The molecule has 0 fully saturated rings. The number of nitro groups is 1. The summed E-state index contributed by atoms with van der Waals surface area (Å²) in [6.45, 7) is 2.09. The average Bonchev–Trinajstić information content (AvgIpc) is 2.88. The van der Waals surface area contributed by atoms with Crippen molar-refractivity contribution in [1.29, 1.82) is 0 Å². The minimum Gasteiger partial charge on any atom is -0.487 e. The van der Waals surface area contributed by atoms with Crippen molar-refractivity contribution in [3.63, 3.8) is 0 Å². The number of carbonyl (C=O) groups is 1. The van der Waals surface area contributed by atoms with Gasteiger partial charge < -0.3 is 9.15 Å². The van der Waals surface area contributed by atoms with Gasteiger partial charge in [-0.1, -0.05) is 0 Å². The van der Waals surface area contributed by atoms with Gasteiger partial charge in [0.25, 0.3) is 0 Å². The van der Waals surface area contributed by atoms with Crippen LogP contribution in [0.3, 0.4) is 0 Å². The summed E-state index contributed by atoms with van der Waals surface area (Å²) < 4.78 is 10.4. The third-order valence-electron chi connectivity index (χ3n) is 2.48. The first-order valence-electron chi connectivity index (χ1n) is 5.62. The largest absolute Gasteiger partial charge is 0.487 e. The molecule has 1 aromatic carbocycles. The first-order valence-corrected chi connectivity index (χ1v) is 5.62. The zero-order valence-electron chi connectivity index (χ0n) is 10.2. The van der Waals surface area contributed by atoms with Gasteiger partial charge in [0.05, 0.1) is 11.5 Å². The molecule has 0 spiro atoms. The van der Waals surface area contributed by atoms with E-state index in [1.54, 1.807) is 19.1 Å². The smallest absolute Gasteiger partial charge is 0.311 e. The Balaban J connectivity index is 2.45. The molecule has 98 valence electrons. The van der Waals surface area contributed by atoms with E-state index in [0.717, 1.165) is 0 Å². The molecule has 0 N–H and O–H groups in total. The van der Waals surface area contributed by atoms with Gasteiger partial charge in [0.1, 0.15) is 5.76 Å². The fourth-order valence-electron chi connectivity index (χ4n) is 1.66. The van der Waals surface area contributed by atoms with E-state index in [1.165, 1.54) is 18.2 Å². The maximum Gasteiger partial charge on any atom is 0.311 e. The Hall–Kier alpha value is -2.63. The fraction of sp³-hybridized carbons (Fsp3) is 0.154. The Bertz CT molecular complexity index is 617. The summed E-state index contributed by atoms with van der Waals surface area (Å²) in [5.41, 5.74) is 0.381. The van der Waals surface area contributed by atoms with Crippen LogP contribution in [0.5, 0.6) is 5.75 Å². The van der Waals surface area contributed by atoms with Gasteiger partial charge in [0, 0.05) is 11.6 Å². The second-order valence-electron chi connectivity index (χ2n) is 3.69. The average molecular weight is 261 g/mol. The number of nitrogens with zero attached hydrogens (tertiary/aromatic N) is 1. The molecule has 0 atom stereocenters. The van der Waals surface area contributed by atoms with Crippen LogP contribution in [0.2, 0.25) is 0 Å². The molecule has 6 heteroatoms. The standard InChI is InChI=1S/C13H11NO5/c1-2-18-13-5-3-9(7-11(13)14(16)17)12-6-4-10(8-15)19-12/h3-8H,2H2,1H3. The van der Waals surface area contributed by atoms with Crippen molar-refractivity contribution in [2.45, 2.75) is 6.92 Å². The predicted molar refractivity (Wildman–Crippen MR) is 67.4 cm³/mol. The number of aldehydes is 1. The molecule has 0 saturated heterocycles. The number of hydrogen-bond acceptors (Lipinski definition) is 5. The number of benzene rings is 1. The van der Waals surface area contributed by atoms with Crippen LogP contribution in [-0.2, 0) is 0 Å². The number of furan rings is 1. The third-order valence-corrected chi connectivity index (χ3v) is 2.48. The van der Waals surface area contributed by atoms with Gasteiger partial charge in [-0.2, -0.15) is 0 Å². The number of rotatable bonds is 5. The topological polar surface area (TPSA) is 82.6 Å². The molecule has 0 aliphatic rings. The zero-order valence-corrected chi connectivity index (χ0v) is 10.2. The second kappa shape index (κ2) is 5.34. The minimum atomic E-state index is -0.516. The lowest BCUT2D eigenvalue weighted by molar-refractivity contribution is -0.385. The summed E-state index contributed by atoms with van der Waals surface area (Å²) in [5, 5.41) is 11.0. The SMILES string of the molecule is CCOc1ccc(-c2ccc(C=O)o2)cc1[N+](=O)[O-]. The van der Waals surface area contributed by atoms with Gasteiger partial charge in [-0.25, -0.2) is 0 Å². The van der Waals surface area contributed by atoms with E-state index in [4.69, 9.17) is 9.15 Å². The van der Waals surface area contributed by atoms with Crippen molar-refractivity contribution in [2.75, 3.05) is 6.61 Å². The van der Waals surface area contributed by atoms with Crippen LogP contribution in [0.15, 0.2) is 34.7 Å². The van der Waals surface area contributed by atoms with Crippen molar-refractivity contribution < 1.29 is 18.9 Å². The fourth-order valence-corrected chi connectivity index (χ4v) is 1.66. The highest BCUT2D eigenvalue weighted by molar-refractivity contribution is 5.73. The summed E-state index contributed by atoms with van der Waals surface area (Å²) in [5.74, 6) is 0.776. The van der Waals surface area contributed by atoms with Gasteiger partial charge in [-0.3, -0.25) is 14.9 Å². The molecule has 19 heavy (non-hydrogen) atoms. The highest BCUT2D eigenvalue weighted by Crippen LogP contribution is 2.32. The van der Waals surface area contributed by atoms with Gasteiger partial charge in [-0.15, -0.1) is 0 Å². The van der Waals surface area contributed by atoms with Crippen molar-refractivity contribution in [3.8, 4) is 17.1 Å². The van der Waals surface area contributed by atoms with Gasteiger partial charge in [-0.05, 0) is 31.2 Å². The Morgan fingerprint density at radius 2 is 2.16 bits per heavy atom. The Labute approximate surface area is 108 Å². The Kier molecular flexibility index (Phi) is 3.61. The molecule has 1 aromatic heterocycles. The molecular formula is C13H11NO5. The quantitative estimate of drug-likeness (QED) is 0.469. The van der Waals surface area contributed by atoms with Crippen molar-refractivity contribution in [2.24, 2.45) is 0 Å². The molecule has 0 amide bonds. The number of ether oxygens (including phenoxy) is 1. The first kappa shape index (κ1) is 12.8. The molecular weight excluding hydrogens is 250 g/mol. The molecule has 0 aliphatic carbocycles. The van der Waals surface area contributed by atoms with E-state index in [0.29, 0.717) is 24.2 Å². The molecule has 0 radical (unpaired) electrons. The maximum absolute atomic E-state index is 11.0. The van der Waals surface area contributed by atoms with Crippen molar-refractivity contribution >= 4 is 12.0 Å². The van der Waals surface area contributed by atoms with Crippen LogP contribution >= 0.6 is 0 Å². The summed E-state index contributed by atoms with van der Waals surface area (Å²) in [7, 11) is 0. The van der Waals surface area contributed by atoms with Gasteiger partial charge in [0.15, 0.2) is 17.8 Å². The maximum atomic E-state index is 11.0. The van der Waals surface area contributed by atoms with Crippen LogP contribution in [0, 0.1) is 10.1 Å². The molecule has 6 nitrogen and oxygen atoms in total. The van der Waals surface area contributed by atoms with Crippen LogP contribution in [0.4, 0.5) is 5.69 Å². The van der Waals surface area contributed by atoms with Gasteiger partial charge in [0.2, 0.25) is 0 Å². The highest BCUT2D eigenvalue weighted by Gasteiger charge is 2.17. The molecule has 0 saturated carbocycles. The Morgan fingerprint density at radius 1 is 1.37 bits per heavy atom.